The standard InChI is InChI=1S/C10H10N4O2/c1-6(10(15)16)7-3-2-4-8(5-7)9-11-13-14-12-9/h2-6H,1H3,(H,15,16)(H,11,12,13,14). The Kier molecular flexibility index (Phi) is 2.63. The fraction of sp³-hybridized carbons (Fsp3) is 0.200. The summed E-state index contributed by atoms with van der Waals surface area (Å²) in [6, 6.07) is 7.11. The topological polar surface area (TPSA) is 91.8 Å². The van der Waals surface area contributed by atoms with Crippen molar-refractivity contribution in [3.8, 4) is 11.4 Å². The summed E-state index contributed by atoms with van der Waals surface area (Å²) in [6.07, 6.45) is 0. The molecule has 1 unspecified atom stereocenters. The summed E-state index contributed by atoms with van der Waals surface area (Å²) in [6.45, 7) is 1.64. The first-order valence-electron chi connectivity index (χ1n) is 4.75. The lowest BCUT2D eigenvalue weighted by Gasteiger charge is -2.06. The van der Waals surface area contributed by atoms with Gasteiger partial charge in [-0.05, 0) is 23.8 Å². The molecule has 82 valence electrons. The van der Waals surface area contributed by atoms with E-state index in [2.05, 4.69) is 20.6 Å². The zero-order chi connectivity index (χ0) is 11.5. The van der Waals surface area contributed by atoms with Gasteiger partial charge >= 0.3 is 5.97 Å². The smallest absolute Gasteiger partial charge is 0.310 e. The third-order valence-corrected chi connectivity index (χ3v) is 2.36. The molecule has 0 saturated carbocycles. The van der Waals surface area contributed by atoms with Gasteiger partial charge in [0.15, 0.2) is 0 Å². The van der Waals surface area contributed by atoms with Crippen LogP contribution in [0.25, 0.3) is 11.4 Å². The van der Waals surface area contributed by atoms with Crippen molar-refractivity contribution < 1.29 is 9.90 Å². The molecular weight excluding hydrogens is 208 g/mol. The number of aromatic amines is 1. The summed E-state index contributed by atoms with van der Waals surface area (Å²) in [4.78, 5) is 10.8. The third kappa shape index (κ3) is 1.90. The Morgan fingerprint density at radius 3 is 2.94 bits per heavy atom. The number of aromatic nitrogens is 4. The van der Waals surface area contributed by atoms with Gasteiger partial charge in [0.25, 0.3) is 0 Å². The first kappa shape index (κ1) is 10.3. The molecule has 0 bridgehead atoms. The fourth-order valence-electron chi connectivity index (χ4n) is 1.37. The Bertz CT molecular complexity index is 495. The highest BCUT2D eigenvalue weighted by Crippen LogP contribution is 2.21. The molecule has 0 saturated heterocycles. The fourth-order valence-corrected chi connectivity index (χ4v) is 1.37. The lowest BCUT2D eigenvalue weighted by molar-refractivity contribution is -0.138. The highest BCUT2D eigenvalue weighted by Gasteiger charge is 2.14. The molecule has 1 aromatic heterocycles. The molecule has 6 nitrogen and oxygen atoms in total. The molecule has 0 fully saturated rings. The number of nitrogens with zero attached hydrogens (tertiary/aromatic N) is 3. The van der Waals surface area contributed by atoms with Crippen LogP contribution in [-0.2, 0) is 4.79 Å². The second-order valence-electron chi connectivity index (χ2n) is 3.42. The van der Waals surface area contributed by atoms with E-state index in [0.29, 0.717) is 5.82 Å². The number of rotatable bonds is 3. The predicted octanol–water partition coefficient (Wildman–Crippen LogP) is 1.05. The lowest BCUT2D eigenvalue weighted by Crippen LogP contribution is -2.07. The number of carboxylic acids is 1. The highest BCUT2D eigenvalue weighted by molar-refractivity contribution is 5.76. The summed E-state index contributed by atoms with van der Waals surface area (Å²) in [5.74, 6) is -0.948. The van der Waals surface area contributed by atoms with Crippen LogP contribution in [0.2, 0.25) is 0 Å². The van der Waals surface area contributed by atoms with Crippen LogP contribution in [0.1, 0.15) is 18.4 Å². The zero-order valence-corrected chi connectivity index (χ0v) is 8.58. The maximum atomic E-state index is 10.8. The molecule has 1 aromatic carbocycles. The minimum atomic E-state index is -0.856. The van der Waals surface area contributed by atoms with Crippen LogP contribution in [0.15, 0.2) is 24.3 Å². The van der Waals surface area contributed by atoms with Crippen LogP contribution < -0.4 is 0 Å². The first-order chi connectivity index (χ1) is 7.68. The molecule has 0 spiro atoms. The van der Waals surface area contributed by atoms with Crippen LogP contribution in [-0.4, -0.2) is 31.7 Å². The monoisotopic (exact) mass is 218 g/mol. The molecule has 1 atom stereocenters. The number of benzene rings is 1. The number of nitrogens with one attached hydrogen (secondary N) is 1. The Balaban J connectivity index is 2.37. The van der Waals surface area contributed by atoms with Crippen molar-refractivity contribution in [2.24, 2.45) is 0 Å². The van der Waals surface area contributed by atoms with Gasteiger partial charge in [-0.1, -0.05) is 18.2 Å². The van der Waals surface area contributed by atoms with Crippen molar-refractivity contribution in [2.75, 3.05) is 0 Å². The minimum absolute atomic E-state index is 0.458. The Hall–Kier alpha value is -2.24. The maximum absolute atomic E-state index is 10.8. The van der Waals surface area contributed by atoms with Gasteiger partial charge in [-0.2, -0.15) is 5.21 Å². The molecule has 16 heavy (non-hydrogen) atoms. The van der Waals surface area contributed by atoms with E-state index in [0.717, 1.165) is 11.1 Å². The Morgan fingerprint density at radius 1 is 1.50 bits per heavy atom. The van der Waals surface area contributed by atoms with Crippen molar-refractivity contribution in [3.05, 3.63) is 29.8 Å². The number of tetrazole rings is 1. The Labute approximate surface area is 91.3 Å². The number of H-pyrrole nitrogens is 1. The van der Waals surface area contributed by atoms with E-state index in [9.17, 15) is 4.79 Å². The SMILES string of the molecule is CC(C(=O)O)c1cccc(-c2nn[nH]n2)c1. The largest absolute Gasteiger partial charge is 0.481 e. The van der Waals surface area contributed by atoms with Crippen molar-refractivity contribution in [3.63, 3.8) is 0 Å². The number of aliphatic carboxylic acids is 1. The molecule has 0 amide bonds. The summed E-state index contributed by atoms with van der Waals surface area (Å²) in [5.41, 5.74) is 1.47. The van der Waals surface area contributed by atoms with E-state index in [1.54, 1.807) is 25.1 Å². The van der Waals surface area contributed by atoms with Crippen molar-refractivity contribution >= 4 is 5.97 Å². The first-order valence-corrected chi connectivity index (χ1v) is 4.75. The molecule has 6 heteroatoms. The zero-order valence-electron chi connectivity index (χ0n) is 8.58. The molecule has 1 heterocycles. The van der Waals surface area contributed by atoms with Crippen molar-refractivity contribution in [2.45, 2.75) is 12.8 Å². The molecule has 2 N–H and O–H groups in total. The highest BCUT2D eigenvalue weighted by atomic mass is 16.4. The van der Waals surface area contributed by atoms with Crippen LogP contribution in [0.4, 0.5) is 0 Å². The lowest BCUT2D eigenvalue weighted by atomic mass is 9.99. The number of hydrogen-bond donors (Lipinski definition) is 2. The Morgan fingerprint density at radius 2 is 2.31 bits per heavy atom. The maximum Gasteiger partial charge on any atom is 0.310 e. The van der Waals surface area contributed by atoms with Gasteiger partial charge in [0.05, 0.1) is 5.92 Å². The van der Waals surface area contributed by atoms with E-state index in [1.807, 2.05) is 6.07 Å². The molecule has 0 aliphatic heterocycles. The average Bonchev–Trinajstić information content (AvgIpc) is 2.81. The molecule has 0 radical (unpaired) electrons. The van der Waals surface area contributed by atoms with Crippen LogP contribution in [0.5, 0.6) is 0 Å². The van der Waals surface area contributed by atoms with E-state index < -0.39 is 11.9 Å². The van der Waals surface area contributed by atoms with Gasteiger partial charge < -0.3 is 5.11 Å². The number of hydrogen-bond acceptors (Lipinski definition) is 4. The van der Waals surface area contributed by atoms with Gasteiger partial charge in [0.2, 0.25) is 5.82 Å². The number of carboxylic acid groups (broad SMARTS) is 1. The second-order valence-corrected chi connectivity index (χ2v) is 3.42. The number of carbonyl (C=O) groups is 1. The minimum Gasteiger partial charge on any atom is -0.481 e. The summed E-state index contributed by atoms with van der Waals surface area (Å²) < 4.78 is 0. The van der Waals surface area contributed by atoms with Gasteiger partial charge in [0.1, 0.15) is 0 Å². The van der Waals surface area contributed by atoms with E-state index in [-0.39, 0.29) is 0 Å². The summed E-state index contributed by atoms with van der Waals surface area (Å²) in [5, 5.41) is 22.4. The van der Waals surface area contributed by atoms with E-state index in [4.69, 9.17) is 5.11 Å². The van der Waals surface area contributed by atoms with Crippen LogP contribution >= 0.6 is 0 Å². The van der Waals surface area contributed by atoms with Gasteiger partial charge in [-0.3, -0.25) is 4.79 Å². The van der Waals surface area contributed by atoms with Gasteiger partial charge in [0, 0.05) is 5.56 Å². The second kappa shape index (κ2) is 4.09. The summed E-state index contributed by atoms with van der Waals surface area (Å²) in [7, 11) is 0. The normalized spacial score (nSPS) is 12.3. The average molecular weight is 218 g/mol. The molecule has 2 aromatic rings. The van der Waals surface area contributed by atoms with Gasteiger partial charge in [-0.15, -0.1) is 10.2 Å². The molecular formula is C10H10N4O2. The summed E-state index contributed by atoms with van der Waals surface area (Å²) >= 11 is 0. The third-order valence-electron chi connectivity index (χ3n) is 2.36. The van der Waals surface area contributed by atoms with Crippen molar-refractivity contribution in [1.29, 1.82) is 0 Å². The van der Waals surface area contributed by atoms with Crippen molar-refractivity contribution in [1.82, 2.24) is 20.6 Å². The predicted molar refractivity (Wildman–Crippen MR) is 55.7 cm³/mol. The van der Waals surface area contributed by atoms with Gasteiger partial charge in [-0.25, -0.2) is 0 Å². The van der Waals surface area contributed by atoms with Crippen LogP contribution in [0.3, 0.4) is 0 Å². The van der Waals surface area contributed by atoms with E-state index in [1.165, 1.54) is 0 Å². The van der Waals surface area contributed by atoms with E-state index >= 15 is 0 Å². The molecule has 0 aliphatic carbocycles. The quantitative estimate of drug-likeness (QED) is 0.803. The molecule has 2 rings (SSSR count). The molecule has 0 aliphatic rings. The van der Waals surface area contributed by atoms with Crippen LogP contribution in [0, 0.1) is 0 Å².